The molecular weight excluding hydrogens is 496 g/mol. The Balaban J connectivity index is 1.97. The van der Waals surface area contributed by atoms with Crippen LogP contribution >= 0.6 is 0 Å². The van der Waals surface area contributed by atoms with Crippen molar-refractivity contribution in [2.45, 2.75) is 12.3 Å². The van der Waals surface area contributed by atoms with Gasteiger partial charge in [0.25, 0.3) is 0 Å². The summed E-state index contributed by atoms with van der Waals surface area (Å²) < 4.78 is 21.6. The highest BCUT2D eigenvalue weighted by atomic mass is 16.5. The number of benzene rings is 3. The third-order valence-corrected chi connectivity index (χ3v) is 5.94. The number of hydrogen-bond acceptors (Lipinski definition) is 9. The van der Waals surface area contributed by atoms with Crippen molar-refractivity contribution in [3.8, 4) is 34.3 Å². The maximum absolute atomic E-state index is 13.1. The molecular formula is C28H24O10. The normalized spacial score (nSPS) is 11.6. The van der Waals surface area contributed by atoms with Crippen LogP contribution in [0.4, 0.5) is 0 Å². The van der Waals surface area contributed by atoms with Gasteiger partial charge in [-0.3, -0.25) is 9.59 Å². The molecule has 0 bridgehead atoms. The number of esters is 1. The zero-order valence-electron chi connectivity index (χ0n) is 20.5. The maximum atomic E-state index is 13.1. The van der Waals surface area contributed by atoms with E-state index in [4.69, 9.17) is 23.7 Å². The molecule has 0 amide bonds. The van der Waals surface area contributed by atoms with Crippen LogP contribution in [0, 0.1) is 0 Å². The first-order valence-electron chi connectivity index (χ1n) is 11.4. The van der Waals surface area contributed by atoms with E-state index in [9.17, 15) is 24.6 Å². The van der Waals surface area contributed by atoms with Gasteiger partial charge >= 0.3 is 11.9 Å². The second kappa shape index (κ2) is 11.0. The third-order valence-electron chi connectivity index (χ3n) is 5.94. The Morgan fingerprint density at radius 3 is 2.34 bits per heavy atom. The van der Waals surface area contributed by atoms with Gasteiger partial charge in [0.05, 0.1) is 20.6 Å². The number of carbonyl (C=O) groups excluding carboxylic acids is 1. The van der Waals surface area contributed by atoms with E-state index in [0.29, 0.717) is 11.1 Å². The Hall–Kier alpha value is -4.99. The molecule has 10 nitrogen and oxygen atoms in total. The lowest BCUT2D eigenvalue weighted by Gasteiger charge is -2.21. The fourth-order valence-corrected chi connectivity index (χ4v) is 4.20. The second-order valence-electron chi connectivity index (χ2n) is 8.30. The Kier molecular flexibility index (Phi) is 7.52. The standard InChI is InChI=1S/C28H24O10/c1-35-23-10-16(8-9-21(23)37-14-24(32)33)17(11-25(34)36-2)26-18(29)12-19(30)27-20(31)13-22(38-28(26)27)15-6-4-3-5-7-15/h3-10,12-13,17,29-30H,11,14H2,1-2H3,(H,32,33)/t17-/m1/s1. The quantitative estimate of drug-likeness (QED) is 0.276. The van der Waals surface area contributed by atoms with Crippen molar-refractivity contribution in [1.29, 1.82) is 0 Å². The number of carbonyl (C=O) groups is 2. The molecule has 0 saturated heterocycles. The van der Waals surface area contributed by atoms with Gasteiger partial charge in [0, 0.05) is 29.2 Å². The van der Waals surface area contributed by atoms with Gasteiger partial charge in [-0.05, 0) is 17.7 Å². The van der Waals surface area contributed by atoms with Crippen molar-refractivity contribution in [2.24, 2.45) is 0 Å². The van der Waals surface area contributed by atoms with Crippen LogP contribution in [0.15, 0.2) is 69.9 Å². The summed E-state index contributed by atoms with van der Waals surface area (Å²) in [5.41, 5.74) is 0.444. The van der Waals surface area contributed by atoms with Crippen molar-refractivity contribution < 1.29 is 43.5 Å². The summed E-state index contributed by atoms with van der Waals surface area (Å²) in [6, 6.07) is 15.6. The molecule has 0 aliphatic rings. The minimum Gasteiger partial charge on any atom is -0.507 e. The summed E-state index contributed by atoms with van der Waals surface area (Å²) in [5.74, 6) is -3.11. The number of phenols is 2. The van der Waals surface area contributed by atoms with E-state index in [1.54, 1.807) is 36.4 Å². The Bertz CT molecular complexity index is 1560. The first kappa shape index (κ1) is 26.1. The fraction of sp³-hybridized carbons (Fsp3) is 0.179. The van der Waals surface area contributed by atoms with Gasteiger partial charge in [-0.25, -0.2) is 4.79 Å². The minimum atomic E-state index is -1.18. The van der Waals surface area contributed by atoms with Crippen molar-refractivity contribution >= 4 is 22.9 Å². The smallest absolute Gasteiger partial charge is 0.341 e. The molecule has 1 heterocycles. The van der Waals surface area contributed by atoms with E-state index in [0.717, 1.165) is 6.07 Å². The highest BCUT2D eigenvalue weighted by Gasteiger charge is 2.29. The maximum Gasteiger partial charge on any atom is 0.341 e. The lowest BCUT2D eigenvalue weighted by atomic mass is 9.86. The Morgan fingerprint density at radius 1 is 0.947 bits per heavy atom. The highest BCUT2D eigenvalue weighted by molar-refractivity contribution is 5.90. The van der Waals surface area contributed by atoms with Crippen LogP contribution in [0.5, 0.6) is 23.0 Å². The summed E-state index contributed by atoms with van der Waals surface area (Å²) in [6.07, 6.45) is -0.276. The second-order valence-corrected chi connectivity index (χ2v) is 8.30. The number of carboxylic acid groups (broad SMARTS) is 1. The molecule has 0 aliphatic carbocycles. The number of aromatic hydroxyl groups is 2. The topological polar surface area (TPSA) is 153 Å². The minimum absolute atomic E-state index is 0.0688. The monoisotopic (exact) mass is 520 g/mol. The van der Waals surface area contributed by atoms with Gasteiger partial charge in [0.2, 0.25) is 0 Å². The molecule has 0 saturated carbocycles. The Morgan fingerprint density at radius 2 is 1.68 bits per heavy atom. The molecule has 4 aromatic rings. The van der Waals surface area contributed by atoms with Gasteiger partial charge in [-0.1, -0.05) is 36.4 Å². The molecule has 3 aromatic carbocycles. The number of ether oxygens (including phenoxy) is 3. The number of hydrogen-bond donors (Lipinski definition) is 3. The van der Waals surface area contributed by atoms with Crippen LogP contribution in [0.25, 0.3) is 22.3 Å². The SMILES string of the molecule is COC(=O)C[C@H](c1ccc(OCC(=O)O)c(OC)c1)c1c(O)cc(O)c2c(=O)cc(-c3ccccc3)oc12. The first-order chi connectivity index (χ1) is 18.2. The van der Waals surface area contributed by atoms with E-state index < -0.39 is 41.4 Å². The summed E-state index contributed by atoms with van der Waals surface area (Å²) in [4.78, 5) is 36.5. The highest BCUT2D eigenvalue weighted by Crippen LogP contribution is 2.44. The molecule has 3 N–H and O–H groups in total. The molecule has 1 aromatic heterocycles. The van der Waals surface area contributed by atoms with E-state index in [2.05, 4.69) is 0 Å². The molecule has 38 heavy (non-hydrogen) atoms. The van der Waals surface area contributed by atoms with Crippen molar-refractivity contribution in [3.05, 3.63) is 82.0 Å². The molecule has 10 heteroatoms. The number of phenolic OH excluding ortho intramolecular Hbond substituents is 2. The largest absolute Gasteiger partial charge is 0.507 e. The summed E-state index contributed by atoms with van der Waals surface area (Å²) in [7, 11) is 2.58. The first-order valence-corrected chi connectivity index (χ1v) is 11.4. The molecule has 0 fully saturated rings. The number of fused-ring (bicyclic) bond motifs is 1. The van der Waals surface area contributed by atoms with E-state index in [1.807, 2.05) is 0 Å². The molecule has 0 spiro atoms. The van der Waals surface area contributed by atoms with Crippen LogP contribution in [-0.4, -0.2) is 48.1 Å². The van der Waals surface area contributed by atoms with E-state index in [-0.39, 0.29) is 40.2 Å². The number of rotatable bonds is 9. The van der Waals surface area contributed by atoms with Gasteiger partial charge in [-0.2, -0.15) is 0 Å². The molecule has 196 valence electrons. The number of methoxy groups -OCH3 is 2. The van der Waals surface area contributed by atoms with Crippen molar-refractivity contribution in [2.75, 3.05) is 20.8 Å². The zero-order chi connectivity index (χ0) is 27.4. The van der Waals surface area contributed by atoms with Gasteiger partial charge in [0.1, 0.15) is 28.2 Å². The number of carboxylic acids is 1. The van der Waals surface area contributed by atoms with Crippen LogP contribution < -0.4 is 14.9 Å². The van der Waals surface area contributed by atoms with Crippen LogP contribution in [0.1, 0.15) is 23.5 Å². The summed E-state index contributed by atoms with van der Waals surface area (Å²) in [6.45, 7) is -0.599. The van der Waals surface area contributed by atoms with Crippen LogP contribution in [0.2, 0.25) is 0 Å². The molecule has 4 rings (SSSR count). The van der Waals surface area contributed by atoms with E-state index in [1.165, 1.54) is 32.4 Å². The molecule has 0 radical (unpaired) electrons. The molecule has 0 unspecified atom stereocenters. The average molecular weight is 520 g/mol. The third kappa shape index (κ3) is 5.24. The summed E-state index contributed by atoms with van der Waals surface area (Å²) >= 11 is 0. The van der Waals surface area contributed by atoms with Gasteiger partial charge in [-0.15, -0.1) is 0 Å². The predicted molar refractivity (Wildman–Crippen MR) is 136 cm³/mol. The average Bonchev–Trinajstić information content (AvgIpc) is 2.90. The van der Waals surface area contributed by atoms with Crippen LogP contribution in [0.3, 0.4) is 0 Å². The fourth-order valence-electron chi connectivity index (χ4n) is 4.20. The molecule has 0 aliphatic heterocycles. The lowest BCUT2D eigenvalue weighted by Crippen LogP contribution is -2.13. The number of aliphatic carboxylic acids is 1. The van der Waals surface area contributed by atoms with Crippen LogP contribution in [-0.2, 0) is 14.3 Å². The van der Waals surface area contributed by atoms with E-state index >= 15 is 0 Å². The van der Waals surface area contributed by atoms with Gasteiger partial charge < -0.3 is 33.9 Å². The Labute approximate surface area is 216 Å². The zero-order valence-corrected chi connectivity index (χ0v) is 20.5. The molecule has 1 atom stereocenters. The predicted octanol–water partition coefficient (Wildman–Crippen LogP) is 4.04. The van der Waals surface area contributed by atoms with Gasteiger partial charge in [0.15, 0.2) is 23.5 Å². The summed E-state index contributed by atoms with van der Waals surface area (Å²) in [5, 5.41) is 30.3. The van der Waals surface area contributed by atoms with Crippen molar-refractivity contribution in [3.63, 3.8) is 0 Å². The van der Waals surface area contributed by atoms with Crippen molar-refractivity contribution in [1.82, 2.24) is 0 Å². The lowest BCUT2D eigenvalue weighted by molar-refractivity contribution is -0.141.